The van der Waals surface area contributed by atoms with Crippen molar-refractivity contribution in [2.24, 2.45) is 11.7 Å². The first-order valence-corrected chi connectivity index (χ1v) is 15.4. The number of pyridine rings is 1. The molecule has 2 saturated carbocycles. The first-order chi connectivity index (χ1) is 21.0. The number of rotatable bonds is 11. The SMILES string of the molecule is CCOc1c(C(N)=O)cc([C@@](O)(CNC(=O)c2cc(OC)c3nn(C4CC4)cc3c2)C2CC2)nc1-c1cc(Cl)c(Cl)cc1Cl. The second-order valence-corrected chi connectivity index (χ2v) is 12.3. The lowest BCUT2D eigenvalue weighted by molar-refractivity contribution is 0.00946. The van der Waals surface area contributed by atoms with Gasteiger partial charge < -0.3 is 25.6 Å². The van der Waals surface area contributed by atoms with Crippen LogP contribution in [0, 0.1) is 5.92 Å². The van der Waals surface area contributed by atoms with Crippen molar-refractivity contribution >= 4 is 57.5 Å². The highest BCUT2D eigenvalue weighted by Gasteiger charge is 2.47. The maximum absolute atomic E-state index is 13.5. The molecule has 2 aliphatic carbocycles. The van der Waals surface area contributed by atoms with Crippen LogP contribution >= 0.6 is 34.8 Å². The van der Waals surface area contributed by atoms with Crippen LogP contribution in [0.5, 0.6) is 11.5 Å². The Morgan fingerprint density at radius 3 is 2.45 bits per heavy atom. The van der Waals surface area contributed by atoms with Gasteiger partial charge in [-0.05, 0) is 68.9 Å². The summed E-state index contributed by atoms with van der Waals surface area (Å²) in [6, 6.07) is 8.13. The highest BCUT2D eigenvalue weighted by atomic mass is 35.5. The van der Waals surface area contributed by atoms with E-state index in [1.807, 2.05) is 10.9 Å². The fraction of sp³-hybridized carbons (Fsp3) is 0.355. The van der Waals surface area contributed by atoms with Crippen LogP contribution in [-0.2, 0) is 5.60 Å². The summed E-state index contributed by atoms with van der Waals surface area (Å²) in [6.07, 6.45) is 5.43. The second kappa shape index (κ2) is 11.7. The predicted molar refractivity (Wildman–Crippen MR) is 168 cm³/mol. The van der Waals surface area contributed by atoms with Crippen molar-refractivity contribution in [2.45, 2.75) is 44.2 Å². The van der Waals surface area contributed by atoms with E-state index >= 15 is 0 Å². The van der Waals surface area contributed by atoms with Gasteiger partial charge in [-0.25, -0.2) is 4.98 Å². The van der Waals surface area contributed by atoms with Crippen molar-refractivity contribution in [3.8, 4) is 22.8 Å². The quantitative estimate of drug-likeness (QED) is 0.170. The van der Waals surface area contributed by atoms with E-state index in [0.717, 1.165) is 18.2 Å². The molecule has 0 spiro atoms. The predicted octanol–water partition coefficient (Wildman–Crippen LogP) is 5.93. The molecule has 0 radical (unpaired) electrons. The van der Waals surface area contributed by atoms with E-state index in [9.17, 15) is 14.7 Å². The normalized spacial score (nSPS) is 16.0. The molecule has 0 bridgehead atoms. The number of nitrogens with one attached hydrogen (secondary N) is 1. The van der Waals surface area contributed by atoms with E-state index in [2.05, 4.69) is 10.4 Å². The lowest BCUT2D eigenvalue weighted by Crippen LogP contribution is -2.43. The van der Waals surface area contributed by atoms with Crippen molar-refractivity contribution in [3.05, 3.63) is 68.4 Å². The zero-order valence-corrected chi connectivity index (χ0v) is 26.3. The Hall–Kier alpha value is -3.57. The number of aromatic nitrogens is 3. The van der Waals surface area contributed by atoms with Gasteiger partial charge in [-0.3, -0.25) is 14.3 Å². The van der Waals surface area contributed by atoms with Crippen molar-refractivity contribution in [2.75, 3.05) is 20.3 Å². The van der Waals surface area contributed by atoms with E-state index in [4.69, 9.17) is 55.0 Å². The minimum absolute atomic E-state index is 0.00209. The van der Waals surface area contributed by atoms with E-state index in [0.29, 0.717) is 41.3 Å². The summed E-state index contributed by atoms with van der Waals surface area (Å²) >= 11 is 19.0. The fourth-order valence-corrected chi connectivity index (χ4v) is 6.01. The van der Waals surface area contributed by atoms with Crippen LogP contribution < -0.4 is 20.5 Å². The molecular formula is C31H30Cl3N5O5. The van der Waals surface area contributed by atoms with E-state index in [1.165, 1.54) is 25.3 Å². The van der Waals surface area contributed by atoms with Crippen LogP contribution in [0.25, 0.3) is 22.2 Å². The molecule has 44 heavy (non-hydrogen) atoms. The summed E-state index contributed by atoms with van der Waals surface area (Å²) in [4.78, 5) is 30.9. The average Bonchev–Trinajstić information content (AvgIpc) is 3.94. The second-order valence-electron chi connectivity index (χ2n) is 11.1. The molecule has 0 unspecified atom stereocenters. The molecule has 2 aromatic heterocycles. The van der Waals surface area contributed by atoms with E-state index in [1.54, 1.807) is 19.1 Å². The Balaban J connectivity index is 1.38. The zero-order chi connectivity index (χ0) is 31.3. The molecule has 2 amide bonds. The van der Waals surface area contributed by atoms with Crippen LogP contribution in [0.3, 0.4) is 0 Å². The van der Waals surface area contributed by atoms with Gasteiger partial charge in [0.05, 0.1) is 52.6 Å². The number of carbonyl (C=O) groups excluding carboxylic acids is 2. The maximum atomic E-state index is 13.5. The fourth-order valence-electron chi connectivity index (χ4n) is 5.37. The topological polar surface area (TPSA) is 142 Å². The minimum atomic E-state index is -1.65. The first-order valence-electron chi connectivity index (χ1n) is 14.2. The summed E-state index contributed by atoms with van der Waals surface area (Å²) in [7, 11) is 1.53. The lowest BCUT2D eigenvalue weighted by atomic mass is 9.90. The van der Waals surface area contributed by atoms with E-state index < -0.39 is 17.4 Å². The molecule has 10 nitrogen and oxygen atoms in total. The number of amides is 2. The third-order valence-electron chi connectivity index (χ3n) is 8.00. The van der Waals surface area contributed by atoms with Gasteiger partial charge in [0.25, 0.3) is 11.8 Å². The molecule has 4 N–H and O–H groups in total. The molecule has 1 atom stereocenters. The summed E-state index contributed by atoms with van der Waals surface area (Å²) in [5.41, 5.74) is 5.80. The van der Waals surface area contributed by atoms with Gasteiger partial charge in [0.1, 0.15) is 22.6 Å². The number of hydrogen-bond acceptors (Lipinski definition) is 7. The first kappa shape index (κ1) is 30.5. The van der Waals surface area contributed by atoms with Crippen molar-refractivity contribution < 1.29 is 24.2 Å². The number of halogens is 3. The molecule has 2 fully saturated rings. The molecule has 0 saturated heterocycles. The number of fused-ring (bicyclic) bond motifs is 1. The molecule has 2 heterocycles. The van der Waals surface area contributed by atoms with Gasteiger partial charge in [0, 0.05) is 22.7 Å². The van der Waals surface area contributed by atoms with Gasteiger partial charge in [0.15, 0.2) is 5.75 Å². The molecule has 13 heteroatoms. The van der Waals surface area contributed by atoms with Crippen molar-refractivity contribution in [3.63, 3.8) is 0 Å². The number of carbonyl (C=O) groups is 2. The Morgan fingerprint density at radius 1 is 1.09 bits per heavy atom. The third-order valence-corrected chi connectivity index (χ3v) is 9.04. The summed E-state index contributed by atoms with van der Waals surface area (Å²) in [6.45, 7) is 1.76. The number of methoxy groups -OCH3 is 1. The van der Waals surface area contributed by atoms with Gasteiger partial charge in [-0.15, -0.1) is 0 Å². The molecular weight excluding hydrogens is 629 g/mol. The Morgan fingerprint density at radius 2 is 1.82 bits per heavy atom. The summed E-state index contributed by atoms with van der Waals surface area (Å²) < 4.78 is 13.3. The van der Waals surface area contributed by atoms with E-state index in [-0.39, 0.29) is 56.8 Å². The van der Waals surface area contributed by atoms with Gasteiger partial charge in [0.2, 0.25) is 0 Å². The monoisotopic (exact) mass is 657 g/mol. The number of primary amides is 1. The third kappa shape index (κ3) is 5.67. The van der Waals surface area contributed by atoms with Crippen LogP contribution in [0.15, 0.2) is 36.5 Å². The van der Waals surface area contributed by atoms with Crippen molar-refractivity contribution in [1.82, 2.24) is 20.1 Å². The van der Waals surface area contributed by atoms with Crippen molar-refractivity contribution in [1.29, 1.82) is 0 Å². The number of nitrogens with two attached hydrogens (primary N) is 1. The lowest BCUT2D eigenvalue weighted by Gasteiger charge is -2.29. The number of ether oxygens (including phenoxy) is 2. The van der Waals surface area contributed by atoms with Gasteiger partial charge in [-0.1, -0.05) is 34.8 Å². The average molecular weight is 659 g/mol. The molecule has 2 aliphatic rings. The highest BCUT2D eigenvalue weighted by molar-refractivity contribution is 6.44. The largest absolute Gasteiger partial charge is 0.494 e. The maximum Gasteiger partial charge on any atom is 0.252 e. The summed E-state index contributed by atoms with van der Waals surface area (Å²) in [5.74, 6) is -0.869. The number of benzene rings is 2. The van der Waals surface area contributed by atoms with Crippen LogP contribution in [0.4, 0.5) is 0 Å². The Bertz CT molecular complexity index is 1800. The number of hydrogen-bond donors (Lipinski definition) is 3. The number of aliphatic hydroxyl groups is 1. The van der Waals surface area contributed by atoms with Crippen LogP contribution in [-0.4, -0.2) is 51.9 Å². The zero-order valence-electron chi connectivity index (χ0n) is 24.0. The highest BCUT2D eigenvalue weighted by Crippen LogP contribution is 2.48. The molecule has 2 aromatic carbocycles. The molecule has 0 aliphatic heterocycles. The molecule has 6 rings (SSSR count). The molecule has 230 valence electrons. The molecule has 4 aromatic rings. The number of nitrogens with zero attached hydrogens (tertiary/aromatic N) is 3. The summed E-state index contributed by atoms with van der Waals surface area (Å²) in [5, 5.41) is 21.1. The smallest absolute Gasteiger partial charge is 0.252 e. The minimum Gasteiger partial charge on any atom is -0.494 e. The Labute approximate surface area is 268 Å². The van der Waals surface area contributed by atoms with Gasteiger partial charge >= 0.3 is 0 Å². The standard InChI is InChI=1S/C31H30Cl3N5O5/c1-3-44-28-20(29(35)40)11-25(37-27(28)19-10-22(33)23(34)12-21(19)32)31(42,17-4-5-17)14-36-30(41)15-8-16-13-39(18-6-7-18)38-26(16)24(9-15)43-2/h8-13,17-18,42H,3-7,14H2,1-2H3,(H2,35,40)(H,36,41)/t31-/m1/s1. The van der Waals surface area contributed by atoms with Crippen LogP contribution in [0.1, 0.15) is 65.1 Å². The Kier molecular flexibility index (Phi) is 8.13. The van der Waals surface area contributed by atoms with Crippen LogP contribution in [0.2, 0.25) is 15.1 Å². The van der Waals surface area contributed by atoms with Gasteiger partial charge in [-0.2, -0.15) is 5.10 Å².